The molecule has 0 spiro atoms. The molecule has 0 bridgehead atoms. The molecule has 1 fully saturated rings. The lowest BCUT2D eigenvalue weighted by Gasteiger charge is -2.29. The second-order valence-corrected chi connectivity index (χ2v) is 6.81. The van der Waals surface area contributed by atoms with Gasteiger partial charge in [0.1, 0.15) is 5.60 Å². The molecule has 8 heteroatoms. The number of nitrogens with zero attached hydrogens (tertiary/aromatic N) is 1. The molecule has 2 unspecified atom stereocenters. The fourth-order valence-corrected chi connectivity index (χ4v) is 2.49. The maximum absolute atomic E-state index is 11.9. The van der Waals surface area contributed by atoms with Crippen LogP contribution < -0.4 is 10.6 Å². The average Bonchev–Trinajstić information content (AvgIpc) is 2.81. The molecule has 0 aromatic rings. The Kier molecular flexibility index (Phi) is 5.98. The summed E-state index contributed by atoms with van der Waals surface area (Å²) >= 11 is 0. The van der Waals surface area contributed by atoms with Gasteiger partial charge >= 0.3 is 12.1 Å². The highest BCUT2D eigenvalue weighted by molar-refractivity contribution is 5.86. The van der Waals surface area contributed by atoms with Crippen molar-refractivity contribution < 1.29 is 24.2 Å². The number of carbonyl (C=O) groups excluding carboxylic acids is 2. The SMILES string of the molecule is CCNC(=O)C(C)N1CCC(NC(=O)OC(C)(C)C)(C(=O)O)C1. The Hall–Kier alpha value is -1.83. The first-order valence-electron chi connectivity index (χ1n) is 7.77. The summed E-state index contributed by atoms with van der Waals surface area (Å²) in [7, 11) is 0. The monoisotopic (exact) mass is 329 g/mol. The molecule has 1 heterocycles. The number of likely N-dealkylation sites (N-methyl/N-ethyl adjacent to an activating group) is 1. The summed E-state index contributed by atoms with van der Waals surface area (Å²) in [4.78, 5) is 37.3. The number of carbonyl (C=O) groups is 3. The minimum atomic E-state index is -1.44. The number of hydrogen-bond acceptors (Lipinski definition) is 5. The molecule has 0 aromatic carbocycles. The fraction of sp³-hybridized carbons (Fsp3) is 0.800. The molecule has 23 heavy (non-hydrogen) atoms. The van der Waals surface area contributed by atoms with E-state index in [4.69, 9.17) is 4.74 Å². The summed E-state index contributed by atoms with van der Waals surface area (Å²) in [5.41, 5.74) is -2.15. The first kappa shape index (κ1) is 19.2. The van der Waals surface area contributed by atoms with Crippen molar-refractivity contribution in [3.63, 3.8) is 0 Å². The number of amides is 2. The highest BCUT2D eigenvalue weighted by Gasteiger charge is 2.48. The third-order valence-corrected chi connectivity index (χ3v) is 3.73. The summed E-state index contributed by atoms with van der Waals surface area (Å²) in [6.45, 7) is 9.63. The second-order valence-electron chi connectivity index (χ2n) is 6.81. The molecule has 0 aromatic heterocycles. The van der Waals surface area contributed by atoms with Crippen molar-refractivity contribution in [2.75, 3.05) is 19.6 Å². The molecule has 1 saturated heterocycles. The van der Waals surface area contributed by atoms with Gasteiger partial charge < -0.3 is 20.5 Å². The lowest BCUT2D eigenvalue weighted by molar-refractivity contribution is -0.144. The van der Waals surface area contributed by atoms with Gasteiger partial charge in [-0.25, -0.2) is 9.59 Å². The van der Waals surface area contributed by atoms with Crippen molar-refractivity contribution in [1.29, 1.82) is 0 Å². The molecule has 1 rings (SSSR count). The van der Waals surface area contributed by atoms with Gasteiger partial charge in [0.15, 0.2) is 5.54 Å². The van der Waals surface area contributed by atoms with Gasteiger partial charge in [-0.1, -0.05) is 0 Å². The Labute approximate surface area is 136 Å². The predicted molar refractivity (Wildman–Crippen MR) is 84.1 cm³/mol. The third kappa shape index (κ3) is 5.09. The van der Waals surface area contributed by atoms with E-state index >= 15 is 0 Å². The van der Waals surface area contributed by atoms with Crippen LogP contribution in [0.25, 0.3) is 0 Å². The van der Waals surface area contributed by atoms with E-state index in [1.807, 2.05) is 6.92 Å². The molecule has 0 radical (unpaired) electrons. The molecule has 132 valence electrons. The zero-order chi connectivity index (χ0) is 17.8. The first-order valence-corrected chi connectivity index (χ1v) is 7.77. The number of alkyl carbamates (subject to hydrolysis) is 1. The third-order valence-electron chi connectivity index (χ3n) is 3.73. The highest BCUT2D eigenvalue weighted by Crippen LogP contribution is 2.24. The predicted octanol–water partition coefficient (Wildman–Crippen LogP) is 0.565. The largest absolute Gasteiger partial charge is 0.479 e. The van der Waals surface area contributed by atoms with Gasteiger partial charge in [-0.3, -0.25) is 9.69 Å². The quantitative estimate of drug-likeness (QED) is 0.680. The minimum absolute atomic E-state index is 0.0554. The van der Waals surface area contributed by atoms with Crippen LogP contribution in [0.3, 0.4) is 0 Å². The van der Waals surface area contributed by atoms with Crippen LogP contribution >= 0.6 is 0 Å². The van der Waals surface area contributed by atoms with Gasteiger partial charge in [0.05, 0.1) is 6.04 Å². The molecule has 2 atom stereocenters. The molecule has 3 N–H and O–H groups in total. The van der Waals surface area contributed by atoms with Crippen molar-refractivity contribution in [3.05, 3.63) is 0 Å². The number of likely N-dealkylation sites (tertiary alicyclic amines) is 1. The summed E-state index contributed by atoms with van der Waals surface area (Å²) < 4.78 is 5.15. The van der Waals surface area contributed by atoms with Crippen molar-refractivity contribution in [3.8, 4) is 0 Å². The minimum Gasteiger partial charge on any atom is -0.479 e. The van der Waals surface area contributed by atoms with E-state index in [-0.39, 0.29) is 18.9 Å². The van der Waals surface area contributed by atoms with Gasteiger partial charge in [-0.05, 0) is 41.0 Å². The number of carboxylic acids is 1. The standard InChI is InChI=1S/C15H27N3O5/c1-6-16-11(19)10(2)18-8-7-15(9-18,12(20)21)17-13(22)23-14(3,4)5/h10H,6-9H2,1-5H3,(H,16,19)(H,17,22)(H,20,21). The Morgan fingerprint density at radius 2 is 1.96 bits per heavy atom. The average molecular weight is 329 g/mol. The summed E-state index contributed by atoms with van der Waals surface area (Å²) in [6.07, 6.45) is -0.557. The molecule has 1 aliphatic rings. The lowest BCUT2D eigenvalue weighted by Crippen LogP contribution is -2.58. The van der Waals surface area contributed by atoms with E-state index in [0.717, 1.165) is 0 Å². The number of ether oxygens (including phenoxy) is 1. The van der Waals surface area contributed by atoms with E-state index in [1.165, 1.54) is 0 Å². The molecule has 2 amide bonds. The maximum Gasteiger partial charge on any atom is 0.408 e. The number of aliphatic carboxylic acids is 1. The molecule has 1 aliphatic heterocycles. The van der Waals surface area contributed by atoms with Crippen LogP contribution in [0.2, 0.25) is 0 Å². The molecular formula is C15H27N3O5. The lowest BCUT2D eigenvalue weighted by atomic mass is 9.99. The van der Waals surface area contributed by atoms with Crippen LogP contribution in [-0.4, -0.2) is 64.8 Å². The normalized spacial score (nSPS) is 23.2. The Balaban J connectivity index is 2.79. The van der Waals surface area contributed by atoms with Crippen LogP contribution in [-0.2, 0) is 14.3 Å². The van der Waals surface area contributed by atoms with E-state index in [0.29, 0.717) is 13.1 Å². The van der Waals surface area contributed by atoms with Crippen molar-refractivity contribution in [2.24, 2.45) is 0 Å². The summed E-state index contributed by atoms with van der Waals surface area (Å²) in [5.74, 6) is -1.29. The van der Waals surface area contributed by atoms with Crippen LogP contribution in [0.15, 0.2) is 0 Å². The van der Waals surface area contributed by atoms with Crippen molar-refractivity contribution >= 4 is 18.0 Å². The topological polar surface area (TPSA) is 108 Å². The van der Waals surface area contributed by atoms with E-state index in [9.17, 15) is 19.5 Å². The van der Waals surface area contributed by atoms with E-state index in [1.54, 1.807) is 32.6 Å². The van der Waals surface area contributed by atoms with Gasteiger partial charge in [0, 0.05) is 19.6 Å². The van der Waals surface area contributed by atoms with Gasteiger partial charge in [0.25, 0.3) is 0 Å². The number of carboxylic acid groups (broad SMARTS) is 1. The maximum atomic E-state index is 11.9. The number of nitrogens with one attached hydrogen (secondary N) is 2. The Morgan fingerprint density at radius 3 is 2.43 bits per heavy atom. The van der Waals surface area contributed by atoms with Gasteiger partial charge in [-0.2, -0.15) is 0 Å². The van der Waals surface area contributed by atoms with Crippen molar-refractivity contribution in [2.45, 2.75) is 58.2 Å². The van der Waals surface area contributed by atoms with Crippen LogP contribution in [0.1, 0.15) is 41.0 Å². The molecule has 8 nitrogen and oxygen atoms in total. The van der Waals surface area contributed by atoms with E-state index < -0.39 is 29.2 Å². The highest BCUT2D eigenvalue weighted by atomic mass is 16.6. The fourth-order valence-electron chi connectivity index (χ4n) is 2.49. The summed E-state index contributed by atoms with van der Waals surface area (Å²) in [5, 5.41) is 14.7. The first-order chi connectivity index (χ1) is 10.5. The second kappa shape index (κ2) is 7.16. The zero-order valence-electron chi connectivity index (χ0n) is 14.4. The Bertz CT molecular complexity index is 474. The Morgan fingerprint density at radius 1 is 1.35 bits per heavy atom. The smallest absolute Gasteiger partial charge is 0.408 e. The molecular weight excluding hydrogens is 302 g/mol. The number of hydrogen-bond donors (Lipinski definition) is 3. The zero-order valence-corrected chi connectivity index (χ0v) is 14.4. The number of rotatable bonds is 5. The summed E-state index contributed by atoms with van der Waals surface area (Å²) in [6, 6.07) is -0.461. The molecule has 0 aliphatic carbocycles. The molecule has 0 saturated carbocycles. The van der Waals surface area contributed by atoms with Crippen LogP contribution in [0.5, 0.6) is 0 Å². The van der Waals surface area contributed by atoms with Crippen LogP contribution in [0, 0.1) is 0 Å². The van der Waals surface area contributed by atoms with Gasteiger partial charge in [0.2, 0.25) is 5.91 Å². The van der Waals surface area contributed by atoms with Crippen LogP contribution in [0.4, 0.5) is 4.79 Å². The van der Waals surface area contributed by atoms with Crippen molar-refractivity contribution in [1.82, 2.24) is 15.5 Å². The van der Waals surface area contributed by atoms with E-state index in [2.05, 4.69) is 10.6 Å². The van der Waals surface area contributed by atoms with Gasteiger partial charge in [-0.15, -0.1) is 0 Å².